The third kappa shape index (κ3) is 3.53. The van der Waals surface area contributed by atoms with Gasteiger partial charge in [0.15, 0.2) is 0 Å². The van der Waals surface area contributed by atoms with E-state index in [1.54, 1.807) is 20.1 Å². The molecule has 0 saturated heterocycles. The molecule has 0 bridgehead atoms. The van der Waals surface area contributed by atoms with Crippen LogP contribution in [0.5, 0.6) is 5.75 Å². The van der Waals surface area contributed by atoms with Gasteiger partial charge in [-0.25, -0.2) is 4.79 Å². The maximum atomic E-state index is 11.8. The number of rotatable bonds is 4. The van der Waals surface area contributed by atoms with Crippen LogP contribution in [0, 0.1) is 0 Å². The quantitative estimate of drug-likeness (QED) is 0.894. The molecular formula is C17H25NO4. The molecule has 1 saturated carbocycles. The zero-order chi connectivity index (χ0) is 16.5. The average Bonchev–Trinajstić information content (AvgIpc) is 3.17. The number of benzene rings is 1. The van der Waals surface area contributed by atoms with E-state index >= 15 is 0 Å². The summed E-state index contributed by atoms with van der Waals surface area (Å²) in [6.07, 6.45) is 0.963. The molecule has 1 aliphatic rings. The minimum Gasteiger partial charge on any atom is -0.496 e. The van der Waals surface area contributed by atoms with Crippen molar-refractivity contribution in [2.45, 2.75) is 57.7 Å². The molecule has 0 aliphatic heterocycles. The number of aliphatic hydroxyl groups is 1. The van der Waals surface area contributed by atoms with E-state index < -0.39 is 17.8 Å². The van der Waals surface area contributed by atoms with Crippen molar-refractivity contribution in [3.05, 3.63) is 23.8 Å². The highest BCUT2D eigenvalue weighted by Gasteiger charge is 2.50. The molecule has 1 aromatic rings. The molecular weight excluding hydrogens is 282 g/mol. The molecule has 22 heavy (non-hydrogen) atoms. The van der Waals surface area contributed by atoms with Crippen LogP contribution in [-0.2, 0) is 10.2 Å². The molecule has 1 unspecified atom stereocenters. The number of hydrogen-bond acceptors (Lipinski definition) is 4. The van der Waals surface area contributed by atoms with Crippen LogP contribution >= 0.6 is 0 Å². The second-order valence-electron chi connectivity index (χ2n) is 6.87. The van der Waals surface area contributed by atoms with Gasteiger partial charge in [0, 0.05) is 22.7 Å². The van der Waals surface area contributed by atoms with Crippen molar-refractivity contribution in [2.75, 3.05) is 12.4 Å². The topological polar surface area (TPSA) is 67.8 Å². The molecule has 5 heteroatoms. The first kappa shape index (κ1) is 16.6. The predicted molar refractivity (Wildman–Crippen MR) is 85.4 cm³/mol. The molecule has 0 heterocycles. The number of methoxy groups -OCH3 is 1. The lowest BCUT2D eigenvalue weighted by molar-refractivity contribution is 0.0636. The van der Waals surface area contributed by atoms with Crippen molar-refractivity contribution in [3.63, 3.8) is 0 Å². The second-order valence-corrected chi connectivity index (χ2v) is 6.87. The smallest absolute Gasteiger partial charge is 0.412 e. The van der Waals surface area contributed by atoms with Crippen LogP contribution in [0.1, 0.15) is 46.1 Å². The van der Waals surface area contributed by atoms with E-state index in [4.69, 9.17) is 9.47 Å². The van der Waals surface area contributed by atoms with Crippen molar-refractivity contribution in [1.29, 1.82) is 0 Å². The van der Waals surface area contributed by atoms with E-state index in [1.807, 2.05) is 32.9 Å². The fourth-order valence-electron chi connectivity index (χ4n) is 2.65. The van der Waals surface area contributed by atoms with Gasteiger partial charge in [0.2, 0.25) is 0 Å². The van der Waals surface area contributed by atoms with Gasteiger partial charge in [0.25, 0.3) is 0 Å². The SMILES string of the molecule is COc1cc(NC(=O)OC(C)(C)C)ccc1C1(C(C)O)CC1. The molecule has 0 aromatic heterocycles. The summed E-state index contributed by atoms with van der Waals surface area (Å²) in [6.45, 7) is 7.25. The number of hydrogen-bond donors (Lipinski definition) is 2. The normalized spacial score (nSPS) is 17.5. The van der Waals surface area contributed by atoms with Gasteiger partial charge in [-0.05, 0) is 46.6 Å². The van der Waals surface area contributed by atoms with Crippen LogP contribution in [0.25, 0.3) is 0 Å². The number of amides is 1. The second kappa shape index (κ2) is 5.80. The summed E-state index contributed by atoms with van der Waals surface area (Å²) >= 11 is 0. The minimum absolute atomic E-state index is 0.213. The lowest BCUT2D eigenvalue weighted by atomic mass is 9.90. The Morgan fingerprint density at radius 2 is 2.00 bits per heavy atom. The number of ether oxygens (including phenoxy) is 2. The summed E-state index contributed by atoms with van der Waals surface area (Å²) in [4.78, 5) is 11.8. The summed E-state index contributed by atoms with van der Waals surface area (Å²) in [5.41, 5.74) is 0.838. The van der Waals surface area contributed by atoms with Crippen LogP contribution < -0.4 is 10.1 Å². The van der Waals surface area contributed by atoms with Crippen molar-refractivity contribution < 1.29 is 19.4 Å². The Balaban J connectivity index is 2.18. The van der Waals surface area contributed by atoms with E-state index in [2.05, 4.69) is 5.32 Å². The third-order valence-electron chi connectivity index (χ3n) is 3.97. The fraction of sp³-hybridized carbons (Fsp3) is 0.588. The highest BCUT2D eigenvalue weighted by molar-refractivity contribution is 5.85. The fourth-order valence-corrected chi connectivity index (χ4v) is 2.65. The highest BCUT2D eigenvalue weighted by atomic mass is 16.6. The van der Waals surface area contributed by atoms with E-state index in [1.165, 1.54) is 0 Å². The van der Waals surface area contributed by atoms with Gasteiger partial charge in [-0.2, -0.15) is 0 Å². The number of carbonyl (C=O) groups is 1. The zero-order valence-corrected chi connectivity index (χ0v) is 13.9. The lowest BCUT2D eigenvalue weighted by Crippen LogP contribution is -2.27. The Morgan fingerprint density at radius 1 is 1.36 bits per heavy atom. The molecule has 122 valence electrons. The summed E-state index contributed by atoms with van der Waals surface area (Å²) < 4.78 is 10.7. The van der Waals surface area contributed by atoms with Crippen LogP contribution in [0.2, 0.25) is 0 Å². The first-order valence-electron chi connectivity index (χ1n) is 7.54. The molecule has 1 aliphatic carbocycles. The van der Waals surface area contributed by atoms with Gasteiger partial charge >= 0.3 is 6.09 Å². The molecule has 0 spiro atoms. The Kier molecular flexibility index (Phi) is 4.38. The third-order valence-corrected chi connectivity index (χ3v) is 3.97. The Morgan fingerprint density at radius 3 is 2.45 bits per heavy atom. The number of anilines is 1. The first-order valence-corrected chi connectivity index (χ1v) is 7.54. The molecule has 1 amide bonds. The Bertz CT molecular complexity index is 556. The maximum absolute atomic E-state index is 11.8. The van der Waals surface area contributed by atoms with Gasteiger partial charge < -0.3 is 14.6 Å². The first-order chi connectivity index (χ1) is 10.2. The van der Waals surface area contributed by atoms with Gasteiger partial charge in [0.1, 0.15) is 11.4 Å². The van der Waals surface area contributed by atoms with Gasteiger partial charge in [-0.15, -0.1) is 0 Å². The van der Waals surface area contributed by atoms with E-state index in [0.29, 0.717) is 11.4 Å². The molecule has 2 N–H and O–H groups in total. The zero-order valence-electron chi connectivity index (χ0n) is 13.9. The largest absolute Gasteiger partial charge is 0.496 e. The van der Waals surface area contributed by atoms with Gasteiger partial charge in [-0.3, -0.25) is 5.32 Å². The standard InChI is InChI=1S/C17H25NO4/c1-11(19)17(8-9-17)13-7-6-12(10-14(13)21-5)18-15(20)22-16(2,3)4/h6-7,10-11,19H,8-9H2,1-5H3,(H,18,20). The molecule has 2 rings (SSSR count). The van der Waals surface area contributed by atoms with Crippen LogP contribution in [0.3, 0.4) is 0 Å². The Hall–Kier alpha value is -1.75. The highest BCUT2D eigenvalue weighted by Crippen LogP contribution is 2.54. The number of aliphatic hydroxyl groups excluding tert-OH is 1. The number of carbonyl (C=O) groups excluding carboxylic acids is 1. The Labute approximate surface area is 131 Å². The molecule has 1 aromatic carbocycles. The number of nitrogens with one attached hydrogen (secondary N) is 1. The van der Waals surface area contributed by atoms with Crippen molar-refractivity contribution in [1.82, 2.24) is 0 Å². The van der Waals surface area contributed by atoms with E-state index in [0.717, 1.165) is 18.4 Å². The maximum Gasteiger partial charge on any atom is 0.412 e. The van der Waals surface area contributed by atoms with Crippen molar-refractivity contribution in [3.8, 4) is 5.75 Å². The summed E-state index contributed by atoms with van der Waals surface area (Å²) in [5.74, 6) is 0.673. The lowest BCUT2D eigenvalue weighted by Gasteiger charge is -2.23. The predicted octanol–water partition coefficient (Wildman–Crippen LogP) is 3.45. The summed E-state index contributed by atoms with van der Waals surface area (Å²) in [6, 6.07) is 5.48. The van der Waals surface area contributed by atoms with Gasteiger partial charge in [0.05, 0.1) is 13.2 Å². The van der Waals surface area contributed by atoms with Crippen LogP contribution in [-0.4, -0.2) is 30.0 Å². The molecule has 1 fully saturated rings. The molecule has 0 radical (unpaired) electrons. The minimum atomic E-state index is -0.543. The summed E-state index contributed by atoms with van der Waals surface area (Å²) in [7, 11) is 1.59. The average molecular weight is 307 g/mol. The van der Waals surface area contributed by atoms with E-state index in [-0.39, 0.29) is 5.41 Å². The van der Waals surface area contributed by atoms with Crippen LogP contribution in [0.4, 0.5) is 10.5 Å². The molecule has 1 atom stereocenters. The van der Waals surface area contributed by atoms with Crippen LogP contribution in [0.15, 0.2) is 18.2 Å². The summed E-state index contributed by atoms with van der Waals surface area (Å²) in [5, 5.41) is 12.7. The molecule has 5 nitrogen and oxygen atoms in total. The monoisotopic (exact) mass is 307 g/mol. The van der Waals surface area contributed by atoms with Crippen molar-refractivity contribution >= 4 is 11.8 Å². The van der Waals surface area contributed by atoms with Gasteiger partial charge in [-0.1, -0.05) is 6.07 Å². The van der Waals surface area contributed by atoms with E-state index in [9.17, 15) is 9.90 Å². The van der Waals surface area contributed by atoms with Crippen molar-refractivity contribution in [2.24, 2.45) is 0 Å².